The summed E-state index contributed by atoms with van der Waals surface area (Å²) >= 11 is 0. The zero-order chi connectivity index (χ0) is 15.1. The molecule has 2 heteroatoms. The monoisotopic (exact) mass is 288 g/mol. The standard InChI is InChI=1S/C19H32N2/c1-4-11-19(12-5-2)15-21(16-19)18-9-7-17(8-10-18)14-20-13-6-3/h7-10,20H,4-6,11-16H2,1-3H3. The van der Waals surface area contributed by atoms with Crippen LogP contribution in [0.2, 0.25) is 0 Å². The van der Waals surface area contributed by atoms with Gasteiger partial charge in [0.1, 0.15) is 0 Å². The fourth-order valence-electron chi connectivity index (χ4n) is 3.68. The number of nitrogens with one attached hydrogen (secondary N) is 1. The maximum absolute atomic E-state index is 3.46. The molecule has 1 saturated heterocycles. The van der Waals surface area contributed by atoms with E-state index < -0.39 is 0 Å². The van der Waals surface area contributed by atoms with Crippen molar-refractivity contribution in [1.29, 1.82) is 0 Å². The topological polar surface area (TPSA) is 15.3 Å². The molecule has 0 bridgehead atoms. The molecule has 1 fully saturated rings. The lowest BCUT2D eigenvalue weighted by Gasteiger charge is -2.52. The molecule has 1 aromatic carbocycles. The van der Waals surface area contributed by atoms with Gasteiger partial charge in [0.15, 0.2) is 0 Å². The average molecular weight is 288 g/mol. The molecule has 0 saturated carbocycles. The fraction of sp³-hybridized carbons (Fsp3) is 0.684. The van der Waals surface area contributed by atoms with Crippen LogP contribution in [-0.2, 0) is 6.54 Å². The Kier molecular flexibility index (Phi) is 6.10. The Morgan fingerprint density at radius 1 is 0.952 bits per heavy atom. The summed E-state index contributed by atoms with van der Waals surface area (Å²) in [6, 6.07) is 9.14. The van der Waals surface area contributed by atoms with Crippen molar-refractivity contribution in [2.75, 3.05) is 24.5 Å². The minimum Gasteiger partial charge on any atom is -0.370 e. The second-order valence-electron chi connectivity index (χ2n) is 6.70. The van der Waals surface area contributed by atoms with Crippen LogP contribution in [0.3, 0.4) is 0 Å². The Hall–Kier alpha value is -1.02. The van der Waals surface area contributed by atoms with Crippen LogP contribution in [0, 0.1) is 5.41 Å². The highest BCUT2D eigenvalue weighted by Crippen LogP contribution is 2.41. The van der Waals surface area contributed by atoms with Crippen molar-refractivity contribution >= 4 is 5.69 Å². The number of hydrogen-bond donors (Lipinski definition) is 1. The smallest absolute Gasteiger partial charge is 0.0366 e. The van der Waals surface area contributed by atoms with E-state index in [9.17, 15) is 0 Å². The van der Waals surface area contributed by atoms with E-state index in [0.29, 0.717) is 5.41 Å². The molecule has 0 aliphatic carbocycles. The molecule has 1 aliphatic rings. The lowest BCUT2D eigenvalue weighted by atomic mass is 9.72. The summed E-state index contributed by atoms with van der Waals surface area (Å²) in [5.41, 5.74) is 3.39. The van der Waals surface area contributed by atoms with Gasteiger partial charge in [0, 0.05) is 30.7 Å². The molecule has 1 aromatic rings. The van der Waals surface area contributed by atoms with Crippen molar-refractivity contribution in [3.05, 3.63) is 29.8 Å². The van der Waals surface area contributed by atoms with Gasteiger partial charge in [-0.05, 0) is 43.5 Å². The van der Waals surface area contributed by atoms with E-state index in [4.69, 9.17) is 0 Å². The lowest BCUT2D eigenvalue weighted by molar-refractivity contribution is 0.173. The van der Waals surface area contributed by atoms with Crippen LogP contribution >= 0.6 is 0 Å². The van der Waals surface area contributed by atoms with Crippen molar-refractivity contribution in [2.45, 2.75) is 59.4 Å². The first kappa shape index (κ1) is 16.4. The molecule has 0 spiro atoms. The van der Waals surface area contributed by atoms with E-state index in [0.717, 1.165) is 13.1 Å². The van der Waals surface area contributed by atoms with Crippen LogP contribution in [0.4, 0.5) is 5.69 Å². The quantitative estimate of drug-likeness (QED) is 0.668. The van der Waals surface area contributed by atoms with Gasteiger partial charge in [-0.3, -0.25) is 0 Å². The maximum Gasteiger partial charge on any atom is 0.0366 e. The van der Waals surface area contributed by atoms with E-state index >= 15 is 0 Å². The molecule has 21 heavy (non-hydrogen) atoms. The molecule has 0 amide bonds. The van der Waals surface area contributed by atoms with Gasteiger partial charge in [0.25, 0.3) is 0 Å². The lowest BCUT2D eigenvalue weighted by Crippen LogP contribution is -2.56. The van der Waals surface area contributed by atoms with Crippen molar-refractivity contribution in [1.82, 2.24) is 5.32 Å². The van der Waals surface area contributed by atoms with Gasteiger partial charge < -0.3 is 10.2 Å². The second kappa shape index (κ2) is 7.84. The first-order valence-electron chi connectivity index (χ1n) is 8.77. The third-order valence-electron chi connectivity index (χ3n) is 4.67. The molecule has 0 unspecified atom stereocenters. The summed E-state index contributed by atoms with van der Waals surface area (Å²) in [6.45, 7) is 11.4. The molecule has 118 valence electrons. The van der Waals surface area contributed by atoms with Gasteiger partial charge >= 0.3 is 0 Å². The third-order valence-corrected chi connectivity index (χ3v) is 4.67. The van der Waals surface area contributed by atoms with Crippen LogP contribution in [-0.4, -0.2) is 19.6 Å². The predicted molar refractivity (Wildman–Crippen MR) is 92.9 cm³/mol. The average Bonchev–Trinajstić information content (AvgIpc) is 2.46. The summed E-state index contributed by atoms with van der Waals surface area (Å²) in [5.74, 6) is 0. The largest absolute Gasteiger partial charge is 0.370 e. The highest BCUT2D eigenvalue weighted by Gasteiger charge is 2.41. The van der Waals surface area contributed by atoms with E-state index in [1.54, 1.807) is 0 Å². The van der Waals surface area contributed by atoms with Gasteiger partial charge in [-0.15, -0.1) is 0 Å². The molecular weight excluding hydrogens is 256 g/mol. The van der Waals surface area contributed by atoms with Crippen LogP contribution in [0.15, 0.2) is 24.3 Å². The third kappa shape index (κ3) is 4.23. The van der Waals surface area contributed by atoms with Gasteiger partial charge in [-0.2, -0.15) is 0 Å². The van der Waals surface area contributed by atoms with E-state index in [1.807, 2.05) is 0 Å². The van der Waals surface area contributed by atoms with Gasteiger partial charge in [-0.1, -0.05) is 45.7 Å². The zero-order valence-electron chi connectivity index (χ0n) is 14.1. The molecular formula is C19H32N2. The zero-order valence-corrected chi connectivity index (χ0v) is 14.1. The number of nitrogens with zero attached hydrogens (tertiary/aromatic N) is 1. The SMILES string of the molecule is CCCNCc1ccc(N2CC(CCC)(CCC)C2)cc1. The van der Waals surface area contributed by atoms with Crippen LogP contribution in [0.5, 0.6) is 0 Å². The highest BCUT2D eigenvalue weighted by atomic mass is 15.2. The highest BCUT2D eigenvalue weighted by molar-refractivity contribution is 5.50. The molecule has 2 rings (SSSR count). The Bertz CT molecular complexity index is 396. The number of hydrogen-bond acceptors (Lipinski definition) is 2. The van der Waals surface area contributed by atoms with Crippen molar-refractivity contribution in [3.63, 3.8) is 0 Å². The first-order chi connectivity index (χ1) is 10.2. The molecule has 1 aliphatic heterocycles. The Morgan fingerprint density at radius 2 is 1.57 bits per heavy atom. The molecule has 1 heterocycles. The van der Waals surface area contributed by atoms with Gasteiger partial charge in [0.2, 0.25) is 0 Å². The minimum atomic E-state index is 0.602. The van der Waals surface area contributed by atoms with Crippen LogP contribution in [0.25, 0.3) is 0 Å². The van der Waals surface area contributed by atoms with Crippen molar-refractivity contribution in [3.8, 4) is 0 Å². The number of anilines is 1. The molecule has 2 nitrogen and oxygen atoms in total. The Labute approximate surface area is 130 Å². The van der Waals surface area contributed by atoms with Crippen LogP contribution in [0.1, 0.15) is 58.4 Å². The van der Waals surface area contributed by atoms with Gasteiger partial charge in [-0.25, -0.2) is 0 Å². The van der Waals surface area contributed by atoms with Crippen molar-refractivity contribution < 1.29 is 0 Å². The Balaban J connectivity index is 1.86. The molecule has 0 radical (unpaired) electrons. The Morgan fingerprint density at radius 3 is 2.10 bits per heavy atom. The van der Waals surface area contributed by atoms with E-state index in [1.165, 1.54) is 56.4 Å². The minimum absolute atomic E-state index is 0.602. The summed E-state index contributed by atoms with van der Waals surface area (Å²) < 4.78 is 0. The number of benzene rings is 1. The predicted octanol–water partition coefficient (Wildman–Crippen LogP) is 4.59. The number of rotatable bonds is 9. The molecule has 0 aromatic heterocycles. The maximum atomic E-state index is 3.46. The summed E-state index contributed by atoms with van der Waals surface area (Å²) in [6.07, 6.45) is 6.60. The summed E-state index contributed by atoms with van der Waals surface area (Å²) in [5, 5.41) is 3.46. The molecule has 0 atom stereocenters. The van der Waals surface area contributed by atoms with E-state index in [-0.39, 0.29) is 0 Å². The van der Waals surface area contributed by atoms with Crippen LogP contribution < -0.4 is 10.2 Å². The van der Waals surface area contributed by atoms with E-state index in [2.05, 4.69) is 55.3 Å². The fourth-order valence-corrected chi connectivity index (χ4v) is 3.68. The summed E-state index contributed by atoms with van der Waals surface area (Å²) in [4.78, 5) is 2.55. The normalized spacial score (nSPS) is 16.8. The van der Waals surface area contributed by atoms with Gasteiger partial charge in [0.05, 0.1) is 0 Å². The van der Waals surface area contributed by atoms with Crippen molar-refractivity contribution in [2.24, 2.45) is 5.41 Å². The summed E-state index contributed by atoms with van der Waals surface area (Å²) in [7, 11) is 0. The first-order valence-corrected chi connectivity index (χ1v) is 8.77. The second-order valence-corrected chi connectivity index (χ2v) is 6.70. The molecule has 1 N–H and O–H groups in total.